The van der Waals surface area contributed by atoms with Crippen molar-refractivity contribution in [2.75, 3.05) is 19.6 Å². The van der Waals surface area contributed by atoms with Crippen molar-refractivity contribution in [3.05, 3.63) is 35.9 Å². The van der Waals surface area contributed by atoms with E-state index in [0.29, 0.717) is 6.04 Å². The van der Waals surface area contributed by atoms with Gasteiger partial charge in [0.1, 0.15) is 0 Å². The molecule has 0 bridgehead atoms. The van der Waals surface area contributed by atoms with Crippen LogP contribution in [0.4, 0.5) is 0 Å². The fourth-order valence-corrected chi connectivity index (χ4v) is 3.31. The average Bonchev–Trinajstić information content (AvgIpc) is 2.48. The van der Waals surface area contributed by atoms with Crippen LogP contribution < -0.4 is 5.32 Å². The van der Waals surface area contributed by atoms with Gasteiger partial charge >= 0.3 is 0 Å². The zero-order valence-electron chi connectivity index (χ0n) is 14.0. The number of piperidine rings is 1. The molecule has 0 amide bonds. The molecule has 21 heavy (non-hydrogen) atoms. The Morgan fingerprint density at radius 1 is 1.10 bits per heavy atom. The van der Waals surface area contributed by atoms with Crippen LogP contribution in [0.25, 0.3) is 0 Å². The number of nitrogens with one attached hydrogen (secondary N) is 1. The summed E-state index contributed by atoms with van der Waals surface area (Å²) in [5.74, 6) is 0.791. The number of hydrogen-bond donors (Lipinski definition) is 1. The van der Waals surface area contributed by atoms with E-state index in [1.54, 1.807) is 0 Å². The van der Waals surface area contributed by atoms with Gasteiger partial charge in [-0.1, -0.05) is 44.2 Å². The highest BCUT2D eigenvalue weighted by molar-refractivity contribution is 5.14. The molecule has 1 fully saturated rings. The molecule has 1 atom stereocenters. The zero-order chi connectivity index (χ0) is 15.1. The van der Waals surface area contributed by atoms with Gasteiger partial charge in [-0.15, -0.1) is 0 Å². The summed E-state index contributed by atoms with van der Waals surface area (Å²) in [4.78, 5) is 2.62. The van der Waals surface area contributed by atoms with Crippen molar-refractivity contribution in [2.24, 2.45) is 5.92 Å². The van der Waals surface area contributed by atoms with Crippen LogP contribution in [0.3, 0.4) is 0 Å². The molecule has 0 unspecified atom stereocenters. The molecule has 1 N–H and O–H groups in total. The molecule has 0 radical (unpaired) electrons. The second-order valence-corrected chi connectivity index (χ2v) is 7.06. The van der Waals surface area contributed by atoms with Crippen molar-refractivity contribution >= 4 is 0 Å². The first-order valence-corrected chi connectivity index (χ1v) is 8.66. The van der Waals surface area contributed by atoms with Gasteiger partial charge in [0.2, 0.25) is 0 Å². The molecule has 118 valence electrons. The summed E-state index contributed by atoms with van der Waals surface area (Å²) in [7, 11) is 0. The molecule has 2 rings (SSSR count). The Morgan fingerprint density at radius 2 is 1.76 bits per heavy atom. The summed E-state index contributed by atoms with van der Waals surface area (Å²) >= 11 is 0. The van der Waals surface area contributed by atoms with Gasteiger partial charge in [-0.2, -0.15) is 0 Å². The lowest BCUT2D eigenvalue weighted by Crippen LogP contribution is -2.46. The molecule has 1 aromatic rings. The third-order valence-electron chi connectivity index (χ3n) is 4.44. The molecule has 0 spiro atoms. The van der Waals surface area contributed by atoms with E-state index in [9.17, 15) is 0 Å². The van der Waals surface area contributed by atoms with Gasteiger partial charge in [0, 0.05) is 18.6 Å². The van der Waals surface area contributed by atoms with Crippen LogP contribution in [0.15, 0.2) is 30.3 Å². The van der Waals surface area contributed by atoms with Gasteiger partial charge in [0.05, 0.1) is 0 Å². The van der Waals surface area contributed by atoms with Crippen molar-refractivity contribution in [1.29, 1.82) is 0 Å². The Labute approximate surface area is 130 Å². The van der Waals surface area contributed by atoms with E-state index in [4.69, 9.17) is 0 Å². The first kappa shape index (κ1) is 16.5. The van der Waals surface area contributed by atoms with Crippen molar-refractivity contribution in [3.63, 3.8) is 0 Å². The van der Waals surface area contributed by atoms with Gasteiger partial charge in [0.15, 0.2) is 0 Å². The van der Waals surface area contributed by atoms with Crippen molar-refractivity contribution < 1.29 is 0 Å². The highest BCUT2D eigenvalue weighted by atomic mass is 15.1. The van der Waals surface area contributed by atoms with E-state index in [1.807, 2.05) is 0 Å². The molecule has 1 aliphatic rings. The van der Waals surface area contributed by atoms with Crippen LogP contribution in [0, 0.1) is 5.92 Å². The Morgan fingerprint density at radius 3 is 2.38 bits per heavy atom. The van der Waals surface area contributed by atoms with Crippen LogP contribution in [-0.4, -0.2) is 36.6 Å². The van der Waals surface area contributed by atoms with Gasteiger partial charge < -0.3 is 10.2 Å². The maximum Gasteiger partial charge on any atom is 0.00938 e. The molecule has 1 saturated heterocycles. The predicted molar refractivity (Wildman–Crippen MR) is 91.7 cm³/mol. The second kappa shape index (κ2) is 8.55. The fraction of sp³-hybridized carbons (Fsp3) is 0.684. The van der Waals surface area contributed by atoms with E-state index in [1.165, 1.54) is 50.9 Å². The van der Waals surface area contributed by atoms with Crippen LogP contribution >= 0.6 is 0 Å². The third kappa shape index (κ3) is 6.19. The summed E-state index contributed by atoms with van der Waals surface area (Å²) in [6.07, 6.45) is 5.03. The summed E-state index contributed by atoms with van der Waals surface area (Å²) < 4.78 is 0. The zero-order valence-corrected chi connectivity index (χ0v) is 14.0. The van der Waals surface area contributed by atoms with E-state index < -0.39 is 0 Å². The molecule has 1 aliphatic heterocycles. The molecule has 0 aromatic heterocycles. The third-order valence-corrected chi connectivity index (χ3v) is 4.44. The van der Waals surface area contributed by atoms with E-state index in [0.717, 1.165) is 12.0 Å². The SMILES string of the molecule is CC(C)CN1CCC(N[C@@H](C)CCc2ccccc2)CC1. The van der Waals surface area contributed by atoms with E-state index in [2.05, 4.69) is 61.3 Å². The van der Waals surface area contributed by atoms with Crippen LogP contribution in [-0.2, 0) is 6.42 Å². The Bertz CT molecular complexity index is 380. The Hall–Kier alpha value is -0.860. The lowest BCUT2D eigenvalue weighted by atomic mass is 10.0. The number of benzene rings is 1. The normalized spacial score (nSPS) is 19.0. The molecular formula is C19H32N2. The topological polar surface area (TPSA) is 15.3 Å². The van der Waals surface area contributed by atoms with Gasteiger partial charge in [0.25, 0.3) is 0 Å². The van der Waals surface area contributed by atoms with Crippen LogP contribution in [0.1, 0.15) is 45.6 Å². The highest BCUT2D eigenvalue weighted by Gasteiger charge is 2.20. The van der Waals surface area contributed by atoms with E-state index >= 15 is 0 Å². The standard InChI is InChI=1S/C19H32N2/c1-16(2)15-21-13-11-19(12-14-21)20-17(3)9-10-18-7-5-4-6-8-18/h4-8,16-17,19-20H,9-15H2,1-3H3/t17-/m0/s1. The minimum atomic E-state index is 0.617. The fourth-order valence-electron chi connectivity index (χ4n) is 3.31. The summed E-state index contributed by atoms with van der Waals surface area (Å²) in [6, 6.07) is 12.2. The molecule has 1 aromatic carbocycles. The summed E-state index contributed by atoms with van der Waals surface area (Å²) in [5.41, 5.74) is 1.46. The van der Waals surface area contributed by atoms with Crippen LogP contribution in [0.2, 0.25) is 0 Å². The first-order chi connectivity index (χ1) is 10.1. The highest BCUT2D eigenvalue weighted by Crippen LogP contribution is 2.14. The van der Waals surface area contributed by atoms with Gasteiger partial charge in [-0.25, -0.2) is 0 Å². The lowest BCUT2D eigenvalue weighted by molar-refractivity contribution is 0.174. The molecule has 0 saturated carbocycles. The number of nitrogens with zero attached hydrogens (tertiary/aromatic N) is 1. The first-order valence-electron chi connectivity index (χ1n) is 8.66. The Balaban J connectivity index is 1.64. The number of aryl methyl sites for hydroxylation is 1. The summed E-state index contributed by atoms with van der Waals surface area (Å²) in [6.45, 7) is 10.8. The smallest absolute Gasteiger partial charge is 0.00938 e. The Kier molecular flexibility index (Phi) is 6.72. The number of hydrogen-bond acceptors (Lipinski definition) is 2. The molecule has 2 heteroatoms. The van der Waals surface area contributed by atoms with Crippen molar-refractivity contribution in [1.82, 2.24) is 10.2 Å². The minimum absolute atomic E-state index is 0.617. The monoisotopic (exact) mass is 288 g/mol. The quantitative estimate of drug-likeness (QED) is 0.822. The minimum Gasteiger partial charge on any atom is -0.311 e. The molecule has 0 aliphatic carbocycles. The maximum atomic E-state index is 3.84. The second-order valence-electron chi connectivity index (χ2n) is 7.06. The average molecular weight is 288 g/mol. The molecule has 1 heterocycles. The maximum absolute atomic E-state index is 3.84. The number of rotatable bonds is 7. The van der Waals surface area contributed by atoms with Crippen LogP contribution in [0.5, 0.6) is 0 Å². The predicted octanol–water partition coefficient (Wildman–Crippen LogP) is 3.72. The number of likely N-dealkylation sites (tertiary alicyclic amines) is 1. The van der Waals surface area contributed by atoms with Crippen molar-refractivity contribution in [3.8, 4) is 0 Å². The van der Waals surface area contributed by atoms with Crippen molar-refractivity contribution in [2.45, 2.75) is 58.5 Å². The van der Waals surface area contributed by atoms with E-state index in [-0.39, 0.29) is 0 Å². The molecular weight excluding hydrogens is 256 g/mol. The molecule has 2 nitrogen and oxygen atoms in total. The largest absolute Gasteiger partial charge is 0.311 e. The van der Waals surface area contributed by atoms with Gasteiger partial charge in [-0.3, -0.25) is 0 Å². The summed E-state index contributed by atoms with van der Waals surface area (Å²) in [5, 5.41) is 3.84. The lowest BCUT2D eigenvalue weighted by Gasteiger charge is -2.34. The van der Waals surface area contributed by atoms with Gasteiger partial charge in [-0.05, 0) is 57.2 Å².